The van der Waals surface area contributed by atoms with E-state index in [0.717, 1.165) is 0 Å². The van der Waals surface area contributed by atoms with Crippen LogP contribution in [-0.4, -0.2) is 27.1 Å². The fourth-order valence-electron chi connectivity index (χ4n) is 2.75. The molecular formula is C18H16N4O6S2. The number of hydrogen-bond acceptors (Lipinski definition) is 8. The molecule has 10 nitrogen and oxygen atoms in total. The first-order chi connectivity index (χ1) is 14.2. The summed E-state index contributed by atoms with van der Waals surface area (Å²) in [5.41, 5.74) is 0.982. The van der Waals surface area contributed by atoms with Crippen LogP contribution in [0.2, 0.25) is 0 Å². The van der Waals surface area contributed by atoms with Crippen molar-refractivity contribution in [2.45, 2.75) is 17.6 Å². The summed E-state index contributed by atoms with van der Waals surface area (Å²) in [7, 11) is -7.70. The van der Waals surface area contributed by atoms with Crippen LogP contribution in [0.25, 0.3) is 11.0 Å². The van der Waals surface area contributed by atoms with Gasteiger partial charge < -0.3 is 9.05 Å². The third kappa shape index (κ3) is 4.28. The Labute approximate surface area is 172 Å². The summed E-state index contributed by atoms with van der Waals surface area (Å²) >= 11 is 0. The van der Waals surface area contributed by atoms with Gasteiger partial charge in [-0.3, -0.25) is 9.44 Å². The van der Waals surface area contributed by atoms with Crippen LogP contribution in [0.1, 0.15) is 11.5 Å². The van der Waals surface area contributed by atoms with Crippen LogP contribution >= 0.6 is 0 Å². The van der Waals surface area contributed by atoms with Gasteiger partial charge in [0.1, 0.15) is 17.2 Å². The fraction of sp³-hybridized carbons (Fsp3) is 0.111. The third-order valence-electron chi connectivity index (χ3n) is 4.08. The number of nitrogens with zero attached hydrogens (tertiary/aromatic N) is 2. The second-order valence-electron chi connectivity index (χ2n) is 6.44. The number of nitrogens with one attached hydrogen (secondary N) is 2. The number of sulfonamides is 2. The summed E-state index contributed by atoms with van der Waals surface area (Å²) in [6.07, 6.45) is 0. The van der Waals surface area contributed by atoms with Gasteiger partial charge in [0.05, 0.1) is 4.90 Å². The molecule has 0 spiro atoms. The number of aromatic nitrogens is 2. The van der Waals surface area contributed by atoms with Crippen molar-refractivity contribution in [2.24, 2.45) is 0 Å². The molecule has 2 aromatic carbocycles. The lowest BCUT2D eigenvalue weighted by Crippen LogP contribution is -2.16. The minimum Gasteiger partial charge on any atom is -0.360 e. The van der Waals surface area contributed by atoms with E-state index in [9.17, 15) is 16.8 Å². The van der Waals surface area contributed by atoms with Gasteiger partial charge in [0.25, 0.3) is 10.0 Å². The first-order valence-electron chi connectivity index (χ1n) is 8.62. The summed E-state index contributed by atoms with van der Waals surface area (Å²) in [6.45, 7) is 1.63. The van der Waals surface area contributed by atoms with Crippen LogP contribution in [0.4, 0.5) is 11.5 Å². The molecule has 0 amide bonds. The van der Waals surface area contributed by atoms with Gasteiger partial charge >= 0.3 is 0 Å². The highest BCUT2D eigenvalue weighted by Gasteiger charge is 2.19. The molecule has 0 atom stereocenters. The SMILES string of the molecule is Cc1cc(NS(=O)(=O)c2ccc(NS(=O)(=O)Cc3noc4ccccc34)cc2)no1. The number of anilines is 2. The summed E-state index contributed by atoms with van der Waals surface area (Å²) in [5.74, 6) is 0.117. The van der Waals surface area contributed by atoms with Gasteiger partial charge in [0.2, 0.25) is 10.0 Å². The molecule has 0 saturated heterocycles. The van der Waals surface area contributed by atoms with Crippen LogP contribution in [-0.2, 0) is 25.8 Å². The molecule has 0 radical (unpaired) electrons. The minimum absolute atomic E-state index is 0.0529. The summed E-state index contributed by atoms with van der Waals surface area (Å²) < 4.78 is 64.4. The van der Waals surface area contributed by atoms with Crippen molar-refractivity contribution in [1.82, 2.24) is 10.3 Å². The van der Waals surface area contributed by atoms with E-state index in [1.807, 2.05) is 0 Å². The number of hydrogen-bond donors (Lipinski definition) is 2. The van der Waals surface area contributed by atoms with E-state index in [0.29, 0.717) is 16.7 Å². The second-order valence-corrected chi connectivity index (χ2v) is 9.84. The van der Waals surface area contributed by atoms with Crippen molar-refractivity contribution in [1.29, 1.82) is 0 Å². The first-order valence-corrected chi connectivity index (χ1v) is 11.8. The van der Waals surface area contributed by atoms with E-state index in [4.69, 9.17) is 9.05 Å². The Kier molecular flexibility index (Phi) is 4.95. The highest BCUT2D eigenvalue weighted by Crippen LogP contribution is 2.22. The van der Waals surface area contributed by atoms with Crippen molar-refractivity contribution >= 4 is 42.5 Å². The maximum absolute atomic E-state index is 12.5. The van der Waals surface area contributed by atoms with E-state index in [-0.39, 0.29) is 22.1 Å². The Hall–Kier alpha value is -3.38. The van der Waals surface area contributed by atoms with Crippen LogP contribution in [0.5, 0.6) is 0 Å². The molecule has 2 aromatic heterocycles. The largest absolute Gasteiger partial charge is 0.360 e. The van der Waals surface area contributed by atoms with Crippen molar-refractivity contribution in [3.63, 3.8) is 0 Å². The highest BCUT2D eigenvalue weighted by atomic mass is 32.2. The van der Waals surface area contributed by atoms with Gasteiger partial charge in [-0.15, -0.1) is 0 Å². The van der Waals surface area contributed by atoms with Crippen LogP contribution in [0.3, 0.4) is 0 Å². The molecule has 0 aliphatic carbocycles. The maximum atomic E-state index is 12.5. The van der Waals surface area contributed by atoms with E-state index in [1.165, 1.54) is 30.3 Å². The lowest BCUT2D eigenvalue weighted by Gasteiger charge is -2.09. The molecule has 0 bridgehead atoms. The van der Waals surface area contributed by atoms with Gasteiger partial charge in [-0.25, -0.2) is 16.8 Å². The topological polar surface area (TPSA) is 144 Å². The van der Waals surface area contributed by atoms with Crippen molar-refractivity contribution in [3.05, 3.63) is 66.1 Å². The Morgan fingerprint density at radius 1 is 0.900 bits per heavy atom. The number of para-hydroxylation sites is 1. The van der Waals surface area contributed by atoms with Crippen molar-refractivity contribution < 1.29 is 25.9 Å². The normalized spacial score (nSPS) is 12.2. The number of benzene rings is 2. The number of aryl methyl sites for hydroxylation is 1. The summed E-state index contributed by atoms with van der Waals surface area (Å²) in [6, 6.07) is 13.6. The zero-order chi connectivity index (χ0) is 21.4. The zero-order valence-electron chi connectivity index (χ0n) is 15.6. The molecule has 12 heteroatoms. The van der Waals surface area contributed by atoms with Gasteiger partial charge in [-0.1, -0.05) is 22.4 Å². The highest BCUT2D eigenvalue weighted by molar-refractivity contribution is 7.92. The molecular weight excluding hydrogens is 432 g/mol. The van der Waals surface area contributed by atoms with E-state index < -0.39 is 25.8 Å². The van der Waals surface area contributed by atoms with Crippen molar-refractivity contribution in [3.8, 4) is 0 Å². The van der Waals surface area contributed by atoms with E-state index in [1.54, 1.807) is 31.2 Å². The molecule has 156 valence electrons. The van der Waals surface area contributed by atoms with Gasteiger partial charge in [0.15, 0.2) is 11.4 Å². The molecule has 2 N–H and O–H groups in total. The van der Waals surface area contributed by atoms with Gasteiger partial charge in [-0.05, 0) is 43.3 Å². The molecule has 30 heavy (non-hydrogen) atoms. The molecule has 0 aliphatic heterocycles. The van der Waals surface area contributed by atoms with E-state index >= 15 is 0 Å². The molecule has 0 unspecified atom stereocenters. The lowest BCUT2D eigenvalue weighted by atomic mass is 10.2. The molecule has 0 fully saturated rings. The van der Waals surface area contributed by atoms with Gasteiger partial charge in [0, 0.05) is 17.1 Å². The molecule has 2 heterocycles. The maximum Gasteiger partial charge on any atom is 0.263 e. The Morgan fingerprint density at radius 3 is 2.33 bits per heavy atom. The third-order valence-corrected chi connectivity index (χ3v) is 6.65. The standard InChI is InChI=1S/C18H16N4O6S2/c1-12-10-18(20-27-12)22-30(25,26)14-8-6-13(7-9-14)21-29(23,24)11-16-15-4-2-3-5-17(15)28-19-16/h2-10,21H,11H2,1H3,(H,20,22). The average Bonchev–Trinajstić information content (AvgIpc) is 3.27. The predicted octanol–water partition coefficient (Wildman–Crippen LogP) is 2.87. The fourth-order valence-corrected chi connectivity index (χ4v) is 4.87. The Bertz CT molecular complexity index is 1410. The second kappa shape index (κ2) is 7.46. The smallest absolute Gasteiger partial charge is 0.263 e. The predicted molar refractivity (Wildman–Crippen MR) is 109 cm³/mol. The molecule has 4 aromatic rings. The van der Waals surface area contributed by atoms with Crippen molar-refractivity contribution in [2.75, 3.05) is 9.44 Å². The molecule has 0 aliphatic rings. The Morgan fingerprint density at radius 2 is 1.63 bits per heavy atom. The quantitative estimate of drug-likeness (QED) is 0.439. The molecule has 0 saturated carbocycles. The first kappa shape index (κ1) is 19.9. The number of fused-ring (bicyclic) bond motifs is 1. The van der Waals surface area contributed by atoms with Crippen LogP contribution in [0, 0.1) is 6.92 Å². The monoisotopic (exact) mass is 448 g/mol. The Balaban J connectivity index is 1.48. The van der Waals surface area contributed by atoms with Crippen LogP contribution < -0.4 is 9.44 Å². The summed E-state index contributed by atoms with van der Waals surface area (Å²) in [5, 5.41) is 8.00. The van der Waals surface area contributed by atoms with Crippen LogP contribution in [0.15, 0.2) is 68.5 Å². The average molecular weight is 448 g/mol. The van der Waals surface area contributed by atoms with Gasteiger partial charge in [-0.2, -0.15) is 0 Å². The lowest BCUT2D eigenvalue weighted by molar-refractivity contribution is 0.400. The minimum atomic E-state index is -3.90. The zero-order valence-corrected chi connectivity index (χ0v) is 17.2. The number of rotatable bonds is 7. The van der Waals surface area contributed by atoms with E-state index in [2.05, 4.69) is 19.8 Å². The summed E-state index contributed by atoms with van der Waals surface area (Å²) in [4.78, 5) is -0.0615. The molecule has 4 rings (SSSR count).